The number of rotatable bonds is 4. The van der Waals surface area contributed by atoms with Crippen molar-refractivity contribution in [1.82, 2.24) is 20.1 Å². The van der Waals surface area contributed by atoms with E-state index in [1.807, 2.05) is 18.2 Å². The molecule has 0 spiro atoms. The minimum atomic E-state index is -0.200. The molecule has 2 heterocycles. The van der Waals surface area contributed by atoms with Crippen molar-refractivity contribution in [3.8, 4) is 0 Å². The van der Waals surface area contributed by atoms with Crippen molar-refractivity contribution in [3.63, 3.8) is 0 Å². The smallest absolute Gasteiger partial charge is 0.260 e. The minimum absolute atomic E-state index is 0.133. The van der Waals surface area contributed by atoms with Crippen molar-refractivity contribution in [2.24, 2.45) is 0 Å². The highest BCUT2D eigenvalue weighted by Gasteiger charge is 2.29. The van der Waals surface area contributed by atoms with Gasteiger partial charge in [-0.25, -0.2) is 4.98 Å². The Balaban J connectivity index is 1.68. The van der Waals surface area contributed by atoms with Crippen molar-refractivity contribution < 1.29 is 9.59 Å². The van der Waals surface area contributed by atoms with Crippen LogP contribution in [-0.4, -0.2) is 38.4 Å². The Hall–Kier alpha value is -2.50. The molecule has 1 aromatic carbocycles. The lowest BCUT2D eigenvalue weighted by atomic mass is 9.98. The van der Waals surface area contributed by atoms with Crippen LogP contribution >= 0.6 is 0 Å². The first kappa shape index (κ1) is 12.5. The fraction of sp³-hybridized carbons (Fsp3) is 0.286. The Morgan fingerprint density at radius 2 is 2.10 bits per heavy atom. The van der Waals surface area contributed by atoms with Gasteiger partial charge in [-0.3, -0.25) is 19.6 Å². The number of nitrogens with zero attached hydrogens (tertiary/aromatic N) is 3. The molecule has 0 saturated carbocycles. The molecule has 6 heteroatoms. The number of carbonyl (C=O) groups excluding carboxylic acids is 2. The number of benzene rings is 1. The molecule has 1 aliphatic rings. The lowest BCUT2D eigenvalue weighted by Gasteiger charge is -2.26. The van der Waals surface area contributed by atoms with E-state index < -0.39 is 0 Å². The number of carbonyl (C=O) groups is 2. The third kappa shape index (κ3) is 2.32. The summed E-state index contributed by atoms with van der Waals surface area (Å²) in [5.74, 6) is 0.433. The van der Waals surface area contributed by atoms with Gasteiger partial charge in [-0.2, -0.15) is 5.10 Å². The third-order valence-corrected chi connectivity index (χ3v) is 3.40. The average molecular weight is 270 g/mol. The van der Waals surface area contributed by atoms with Gasteiger partial charge in [0.2, 0.25) is 5.91 Å². The van der Waals surface area contributed by atoms with Gasteiger partial charge >= 0.3 is 0 Å². The van der Waals surface area contributed by atoms with E-state index in [2.05, 4.69) is 15.2 Å². The van der Waals surface area contributed by atoms with E-state index in [0.717, 1.165) is 11.4 Å². The molecule has 1 N–H and O–H groups in total. The highest BCUT2D eigenvalue weighted by molar-refractivity contribution is 6.09. The maximum Gasteiger partial charge on any atom is 0.260 e. The monoisotopic (exact) mass is 270 g/mol. The van der Waals surface area contributed by atoms with Crippen LogP contribution in [-0.2, 0) is 17.6 Å². The maximum atomic E-state index is 12.3. The van der Waals surface area contributed by atoms with Gasteiger partial charge in [0.15, 0.2) is 0 Å². The summed E-state index contributed by atoms with van der Waals surface area (Å²) in [5.41, 5.74) is 1.45. The van der Waals surface area contributed by atoms with Crippen LogP contribution in [0.4, 0.5) is 0 Å². The molecule has 3 rings (SSSR count). The number of aromatic nitrogens is 3. The quantitative estimate of drug-likeness (QED) is 0.839. The Morgan fingerprint density at radius 1 is 1.25 bits per heavy atom. The van der Waals surface area contributed by atoms with Crippen LogP contribution in [0, 0.1) is 0 Å². The largest absolute Gasteiger partial charge is 0.278 e. The molecule has 0 bridgehead atoms. The van der Waals surface area contributed by atoms with Crippen molar-refractivity contribution in [3.05, 3.63) is 47.5 Å². The number of aromatic amines is 1. The molecule has 2 amide bonds. The molecule has 2 aromatic rings. The molecule has 0 radical (unpaired) electrons. The van der Waals surface area contributed by atoms with Gasteiger partial charge in [0.05, 0.1) is 6.42 Å². The number of hydrogen-bond donors (Lipinski definition) is 1. The number of aryl methyl sites for hydroxylation is 1. The van der Waals surface area contributed by atoms with Crippen molar-refractivity contribution in [1.29, 1.82) is 0 Å². The summed E-state index contributed by atoms with van der Waals surface area (Å²) in [7, 11) is 0. The predicted molar refractivity (Wildman–Crippen MR) is 70.9 cm³/mol. The highest BCUT2D eigenvalue weighted by atomic mass is 16.2. The van der Waals surface area contributed by atoms with Crippen LogP contribution in [0.1, 0.15) is 28.2 Å². The van der Waals surface area contributed by atoms with Gasteiger partial charge in [0, 0.05) is 18.5 Å². The zero-order chi connectivity index (χ0) is 13.9. The molecular weight excluding hydrogens is 256 g/mol. The predicted octanol–water partition coefficient (Wildman–Crippen LogP) is 0.962. The van der Waals surface area contributed by atoms with Gasteiger partial charge in [-0.1, -0.05) is 18.2 Å². The second kappa shape index (κ2) is 5.24. The van der Waals surface area contributed by atoms with E-state index in [4.69, 9.17) is 0 Å². The molecule has 1 aromatic heterocycles. The SMILES string of the molecule is O=C1Cc2ccccc2C(=O)N1CCCc1ncn[nH]1. The fourth-order valence-electron chi connectivity index (χ4n) is 2.38. The molecular formula is C14H14N4O2. The van der Waals surface area contributed by atoms with Crippen LogP contribution in [0.15, 0.2) is 30.6 Å². The molecule has 0 unspecified atom stereocenters. The number of amides is 2. The van der Waals surface area contributed by atoms with Crippen LogP contribution in [0.25, 0.3) is 0 Å². The first-order valence-corrected chi connectivity index (χ1v) is 6.52. The van der Waals surface area contributed by atoms with E-state index >= 15 is 0 Å². The first-order valence-electron chi connectivity index (χ1n) is 6.52. The topological polar surface area (TPSA) is 79.0 Å². The third-order valence-electron chi connectivity index (χ3n) is 3.40. The van der Waals surface area contributed by atoms with Gasteiger partial charge in [0.1, 0.15) is 12.2 Å². The minimum Gasteiger partial charge on any atom is -0.278 e. The molecule has 0 aliphatic carbocycles. The molecule has 0 saturated heterocycles. The number of H-pyrrole nitrogens is 1. The summed E-state index contributed by atoms with van der Waals surface area (Å²) < 4.78 is 0. The van der Waals surface area contributed by atoms with E-state index in [9.17, 15) is 9.59 Å². The van der Waals surface area contributed by atoms with Crippen molar-refractivity contribution >= 4 is 11.8 Å². The average Bonchev–Trinajstić information content (AvgIpc) is 2.96. The number of imide groups is 1. The normalized spacial score (nSPS) is 14.5. The van der Waals surface area contributed by atoms with Crippen LogP contribution in [0.5, 0.6) is 0 Å². The lowest BCUT2D eigenvalue weighted by Crippen LogP contribution is -2.42. The van der Waals surface area contributed by atoms with Gasteiger partial charge in [-0.05, 0) is 18.1 Å². The number of fused-ring (bicyclic) bond motifs is 1. The summed E-state index contributed by atoms with van der Waals surface area (Å²) in [6, 6.07) is 7.27. The van der Waals surface area contributed by atoms with Gasteiger partial charge in [0.25, 0.3) is 5.91 Å². The molecule has 1 aliphatic heterocycles. The van der Waals surface area contributed by atoms with E-state index in [1.54, 1.807) is 6.07 Å². The fourth-order valence-corrected chi connectivity index (χ4v) is 2.38. The summed E-state index contributed by atoms with van der Waals surface area (Å²) in [5, 5.41) is 6.53. The Kier molecular flexibility index (Phi) is 3.28. The molecule has 0 atom stereocenters. The van der Waals surface area contributed by atoms with Crippen LogP contribution < -0.4 is 0 Å². The maximum absolute atomic E-state index is 12.3. The summed E-state index contributed by atoms with van der Waals surface area (Å²) >= 11 is 0. The van der Waals surface area contributed by atoms with Crippen molar-refractivity contribution in [2.75, 3.05) is 6.54 Å². The van der Waals surface area contributed by atoms with Gasteiger partial charge < -0.3 is 0 Å². The van der Waals surface area contributed by atoms with E-state index in [1.165, 1.54) is 11.2 Å². The molecule has 0 fully saturated rings. The highest BCUT2D eigenvalue weighted by Crippen LogP contribution is 2.19. The Morgan fingerprint density at radius 3 is 2.90 bits per heavy atom. The molecule has 20 heavy (non-hydrogen) atoms. The van der Waals surface area contributed by atoms with Crippen LogP contribution in [0.3, 0.4) is 0 Å². The zero-order valence-corrected chi connectivity index (χ0v) is 10.9. The summed E-state index contributed by atoms with van der Waals surface area (Å²) in [6.07, 6.45) is 3.08. The second-order valence-electron chi connectivity index (χ2n) is 4.72. The van der Waals surface area contributed by atoms with E-state index in [0.29, 0.717) is 31.4 Å². The number of nitrogens with one attached hydrogen (secondary N) is 1. The molecule has 6 nitrogen and oxygen atoms in total. The lowest BCUT2D eigenvalue weighted by molar-refractivity contribution is -0.128. The molecule has 102 valence electrons. The summed E-state index contributed by atoms with van der Waals surface area (Å²) in [6.45, 7) is 0.409. The van der Waals surface area contributed by atoms with Crippen molar-refractivity contribution in [2.45, 2.75) is 19.3 Å². The second-order valence-corrected chi connectivity index (χ2v) is 4.72. The Bertz CT molecular complexity index is 636. The first-order chi connectivity index (χ1) is 9.75. The summed E-state index contributed by atoms with van der Waals surface area (Å²) in [4.78, 5) is 29.7. The standard InChI is InChI=1S/C14H14N4O2/c19-13-8-10-4-1-2-5-11(10)14(20)18(13)7-3-6-12-15-9-16-17-12/h1-2,4-5,9H,3,6-8H2,(H,15,16,17). The van der Waals surface area contributed by atoms with Crippen LogP contribution in [0.2, 0.25) is 0 Å². The van der Waals surface area contributed by atoms with Gasteiger partial charge in [-0.15, -0.1) is 0 Å². The zero-order valence-electron chi connectivity index (χ0n) is 10.9. The van der Waals surface area contributed by atoms with E-state index in [-0.39, 0.29) is 11.8 Å². The Labute approximate surface area is 115 Å². The number of hydrogen-bond acceptors (Lipinski definition) is 4.